The Kier molecular flexibility index (Phi) is 4.36. The van der Waals surface area contributed by atoms with Crippen LogP contribution in [0, 0.1) is 0 Å². The van der Waals surface area contributed by atoms with Gasteiger partial charge in [0.1, 0.15) is 5.82 Å². The number of imidazole rings is 1. The number of nitrogens with one attached hydrogen (secondary N) is 1. The Balaban J connectivity index is 1.68. The Morgan fingerprint density at radius 2 is 2.24 bits per heavy atom. The van der Waals surface area contributed by atoms with Crippen molar-refractivity contribution in [1.82, 2.24) is 14.9 Å². The number of hydrogen-bond donors (Lipinski definition) is 1. The maximum Gasteiger partial charge on any atom is 0.220 e. The van der Waals surface area contributed by atoms with Gasteiger partial charge in [0.2, 0.25) is 5.91 Å². The Bertz CT molecular complexity index is 664. The number of nitrogens with zero attached hydrogens (tertiary/aromatic N) is 2. The molecule has 1 heterocycles. The van der Waals surface area contributed by atoms with Crippen molar-refractivity contribution < 1.29 is 4.79 Å². The molecule has 0 aliphatic heterocycles. The van der Waals surface area contributed by atoms with Crippen LogP contribution in [-0.2, 0) is 17.2 Å². The van der Waals surface area contributed by atoms with Crippen LogP contribution >= 0.6 is 23.2 Å². The van der Waals surface area contributed by atoms with Crippen molar-refractivity contribution in [3.05, 3.63) is 29.0 Å². The van der Waals surface area contributed by atoms with Gasteiger partial charge in [0.05, 0.1) is 16.9 Å². The number of carbonyl (C=O) groups is 1. The smallest absolute Gasteiger partial charge is 0.220 e. The minimum Gasteiger partial charge on any atom is -0.353 e. The van der Waals surface area contributed by atoms with Crippen molar-refractivity contribution in [2.75, 3.05) is 0 Å². The third kappa shape index (κ3) is 3.50. The maximum absolute atomic E-state index is 11.7. The summed E-state index contributed by atoms with van der Waals surface area (Å²) in [5.74, 6) is 1.30. The molecule has 21 heavy (non-hydrogen) atoms. The second-order valence-electron chi connectivity index (χ2n) is 5.39. The summed E-state index contributed by atoms with van der Waals surface area (Å²) in [4.78, 5) is 16.2. The highest BCUT2D eigenvalue weighted by Crippen LogP contribution is 2.22. The normalized spacial score (nSPS) is 14.6. The number of alkyl halides is 1. The molecule has 3 rings (SSSR count). The molecule has 1 aromatic carbocycles. The lowest BCUT2D eigenvalue weighted by Gasteiger charge is -2.08. The summed E-state index contributed by atoms with van der Waals surface area (Å²) >= 11 is 12.0. The molecule has 1 fully saturated rings. The number of hydrogen-bond acceptors (Lipinski definition) is 2. The van der Waals surface area contributed by atoms with E-state index in [1.54, 1.807) is 0 Å². The van der Waals surface area contributed by atoms with Gasteiger partial charge in [-0.2, -0.15) is 0 Å². The predicted octanol–water partition coefficient (Wildman–Crippen LogP) is 3.49. The van der Waals surface area contributed by atoms with Gasteiger partial charge in [0, 0.05) is 24.0 Å². The van der Waals surface area contributed by atoms with Crippen LogP contribution in [0.3, 0.4) is 0 Å². The van der Waals surface area contributed by atoms with Crippen LogP contribution in [0.1, 0.15) is 31.5 Å². The average Bonchev–Trinajstić information content (AvgIpc) is 3.19. The number of halogens is 2. The third-order valence-electron chi connectivity index (χ3n) is 3.64. The van der Waals surface area contributed by atoms with Crippen molar-refractivity contribution in [3.63, 3.8) is 0 Å². The van der Waals surface area contributed by atoms with Gasteiger partial charge in [-0.25, -0.2) is 4.98 Å². The molecule has 0 radical (unpaired) electrons. The van der Waals surface area contributed by atoms with Crippen molar-refractivity contribution in [2.45, 2.75) is 44.1 Å². The molecule has 4 nitrogen and oxygen atoms in total. The second-order valence-corrected chi connectivity index (χ2v) is 6.10. The monoisotopic (exact) mass is 325 g/mol. The van der Waals surface area contributed by atoms with Crippen LogP contribution in [0.2, 0.25) is 5.02 Å². The highest BCUT2D eigenvalue weighted by Gasteiger charge is 2.22. The molecule has 1 N–H and O–H groups in total. The van der Waals surface area contributed by atoms with Crippen molar-refractivity contribution in [2.24, 2.45) is 0 Å². The highest BCUT2D eigenvalue weighted by atomic mass is 35.5. The molecular weight excluding hydrogens is 309 g/mol. The van der Waals surface area contributed by atoms with Gasteiger partial charge in [0.25, 0.3) is 0 Å². The topological polar surface area (TPSA) is 46.9 Å². The van der Waals surface area contributed by atoms with Crippen LogP contribution in [-0.4, -0.2) is 21.5 Å². The van der Waals surface area contributed by atoms with Crippen LogP contribution in [0.25, 0.3) is 11.0 Å². The second kappa shape index (κ2) is 6.24. The van der Waals surface area contributed by atoms with Crippen molar-refractivity contribution in [3.8, 4) is 0 Å². The number of benzene rings is 1. The zero-order valence-electron chi connectivity index (χ0n) is 11.6. The van der Waals surface area contributed by atoms with Crippen LogP contribution in [0.15, 0.2) is 18.2 Å². The molecule has 0 unspecified atom stereocenters. The average molecular weight is 326 g/mol. The zero-order chi connectivity index (χ0) is 14.8. The lowest BCUT2D eigenvalue weighted by atomic mass is 10.2. The number of rotatable bonds is 6. The van der Waals surface area contributed by atoms with Gasteiger partial charge in [0.15, 0.2) is 0 Å². The van der Waals surface area contributed by atoms with Gasteiger partial charge < -0.3 is 9.88 Å². The van der Waals surface area contributed by atoms with Crippen LogP contribution < -0.4 is 5.32 Å². The predicted molar refractivity (Wildman–Crippen MR) is 84.7 cm³/mol. The minimum atomic E-state index is 0.136. The Hall–Kier alpha value is -1.26. The minimum absolute atomic E-state index is 0.136. The fourth-order valence-electron chi connectivity index (χ4n) is 2.43. The number of aryl methyl sites for hydroxylation is 1. The van der Waals surface area contributed by atoms with E-state index in [0.717, 1.165) is 42.7 Å². The maximum atomic E-state index is 11.7. The van der Waals surface area contributed by atoms with E-state index in [2.05, 4.69) is 14.9 Å². The van der Waals surface area contributed by atoms with Gasteiger partial charge in [-0.05, 0) is 37.5 Å². The first kappa shape index (κ1) is 14.7. The quantitative estimate of drug-likeness (QED) is 0.826. The number of aromatic nitrogens is 2. The molecule has 2 aromatic rings. The fourth-order valence-corrected chi connectivity index (χ4v) is 2.80. The van der Waals surface area contributed by atoms with Crippen molar-refractivity contribution >= 4 is 40.1 Å². The Labute approximate surface area is 133 Å². The molecule has 0 bridgehead atoms. The number of carbonyl (C=O) groups excluding carboxylic acids is 1. The SMILES string of the molecule is O=C(CCCn1c(CCl)nc2cc(Cl)ccc21)NC1CC1. The molecule has 1 amide bonds. The molecule has 1 saturated carbocycles. The zero-order valence-corrected chi connectivity index (χ0v) is 13.1. The molecule has 0 saturated heterocycles. The third-order valence-corrected chi connectivity index (χ3v) is 4.11. The van der Waals surface area contributed by atoms with E-state index in [-0.39, 0.29) is 5.91 Å². The van der Waals surface area contributed by atoms with E-state index in [1.165, 1.54) is 0 Å². The first-order valence-electron chi connectivity index (χ1n) is 7.17. The molecule has 112 valence electrons. The summed E-state index contributed by atoms with van der Waals surface area (Å²) in [7, 11) is 0. The Morgan fingerprint density at radius 3 is 2.95 bits per heavy atom. The summed E-state index contributed by atoms with van der Waals surface area (Å²) in [6, 6.07) is 6.06. The summed E-state index contributed by atoms with van der Waals surface area (Å²) in [5.41, 5.74) is 1.86. The highest BCUT2D eigenvalue weighted by molar-refractivity contribution is 6.31. The van der Waals surface area contributed by atoms with E-state index in [9.17, 15) is 4.79 Å². The summed E-state index contributed by atoms with van der Waals surface area (Å²) in [6.45, 7) is 0.734. The van der Waals surface area contributed by atoms with E-state index < -0.39 is 0 Å². The fraction of sp³-hybridized carbons (Fsp3) is 0.467. The summed E-state index contributed by atoms with van der Waals surface area (Å²) in [5, 5.41) is 3.66. The standard InChI is InChI=1S/C15H17Cl2N3O/c16-9-14-19-12-8-10(17)3-6-13(12)20(14)7-1-2-15(21)18-11-4-5-11/h3,6,8,11H,1-2,4-5,7,9H2,(H,18,21). The lowest BCUT2D eigenvalue weighted by molar-refractivity contribution is -0.121. The van der Waals surface area contributed by atoms with Crippen molar-refractivity contribution in [1.29, 1.82) is 0 Å². The van der Waals surface area contributed by atoms with Crippen LogP contribution in [0.5, 0.6) is 0 Å². The summed E-state index contributed by atoms with van der Waals surface area (Å²) < 4.78 is 2.07. The lowest BCUT2D eigenvalue weighted by Crippen LogP contribution is -2.25. The van der Waals surface area contributed by atoms with Gasteiger partial charge in [-0.15, -0.1) is 11.6 Å². The molecule has 0 atom stereocenters. The molecule has 6 heteroatoms. The van der Waals surface area contributed by atoms with Gasteiger partial charge in [-0.3, -0.25) is 4.79 Å². The van der Waals surface area contributed by atoms with Crippen LogP contribution in [0.4, 0.5) is 0 Å². The number of amides is 1. The van der Waals surface area contributed by atoms with E-state index >= 15 is 0 Å². The molecular formula is C15H17Cl2N3O. The summed E-state index contributed by atoms with van der Waals surface area (Å²) in [6.07, 6.45) is 3.55. The molecule has 0 spiro atoms. The van der Waals surface area contributed by atoms with E-state index in [0.29, 0.717) is 23.4 Å². The van der Waals surface area contributed by atoms with Gasteiger partial charge >= 0.3 is 0 Å². The van der Waals surface area contributed by atoms with E-state index in [4.69, 9.17) is 23.2 Å². The largest absolute Gasteiger partial charge is 0.353 e. The molecule has 1 aromatic heterocycles. The van der Waals surface area contributed by atoms with E-state index in [1.807, 2.05) is 18.2 Å². The first-order valence-corrected chi connectivity index (χ1v) is 8.08. The van der Waals surface area contributed by atoms with Gasteiger partial charge in [-0.1, -0.05) is 11.6 Å². The number of fused-ring (bicyclic) bond motifs is 1. The molecule has 1 aliphatic carbocycles. The Morgan fingerprint density at radius 1 is 1.43 bits per heavy atom. The first-order chi connectivity index (χ1) is 10.2. The molecule has 1 aliphatic rings.